The van der Waals surface area contributed by atoms with Crippen LogP contribution in [-0.2, 0) is 6.18 Å². The van der Waals surface area contributed by atoms with Crippen LogP contribution in [-0.4, -0.2) is 16.9 Å². The number of carbonyl (C=O) groups is 1. The van der Waals surface area contributed by atoms with Gasteiger partial charge in [0, 0.05) is 17.9 Å². The number of alkyl halides is 3. The number of hydrogen-bond acceptors (Lipinski definition) is 3. The van der Waals surface area contributed by atoms with Gasteiger partial charge in [-0.05, 0) is 43.2 Å². The monoisotopic (exact) mass is 363 g/mol. The van der Waals surface area contributed by atoms with Crippen LogP contribution in [0.25, 0.3) is 0 Å². The highest BCUT2D eigenvalue weighted by atomic mass is 19.4. The minimum atomic E-state index is -4.36. The van der Waals surface area contributed by atoms with E-state index < -0.39 is 11.7 Å². The summed E-state index contributed by atoms with van der Waals surface area (Å²) in [6.07, 6.45) is 4.07. The van der Waals surface area contributed by atoms with E-state index in [-0.39, 0.29) is 11.9 Å². The van der Waals surface area contributed by atoms with E-state index in [0.29, 0.717) is 16.9 Å². The summed E-state index contributed by atoms with van der Waals surface area (Å²) in [6, 6.07) is 6.55. The van der Waals surface area contributed by atoms with Gasteiger partial charge in [-0.15, -0.1) is 0 Å². The molecule has 1 heterocycles. The second kappa shape index (κ2) is 7.76. The Morgan fingerprint density at radius 2 is 1.69 bits per heavy atom. The number of aromatic nitrogens is 1. The second-order valence-electron chi connectivity index (χ2n) is 6.47. The lowest BCUT2D eigenvalue weighted by Gasteiger charge is -2.22. The van der Waals surface area contributed by atoms with E-state index in [1.807, 2.05) is 0 Å². The van der Waals surface area contributed by atoms with Crippen molar-refractivity contribution in [2.45, 2.75) is 44.3 Å². The van der Waals surface area contributed by atoms with E-state index in [4.69, 9.17) is 0 Å². The number of amides is 1. The van der Waals surface area contributed by atoms with Crippen molar-refractivity contribution in [1.82, 2.24) is 10.3 Å². The first-order valence-corrected chi connectivity index (χ1v) is 8.62. The van der Waals surface area contributed by atoms with Crippen molar-refractivity contribution in [3.8, 4) is 0 Å². The third-order valence-corrected chi connectivity index (χ3v) is 4.44. The van der Waals surface area contributed by atoms with Crippen LogP contribution in [0.5, 0.6) is 0 Å². The highest BCUT2D eigenvalue weighted by Gasteiger charge is 2.29. The molecule has 0 saturated heterocycles. The summed E-state index contributed by atoms with van der Waals surface area (Å²) in [4.78, 5) is 16.4. The third kappa shape index (κ3) is 4.74. The van der Waals surface area contributed by atoms with Gasteiger partial charge in [-0.3, -0.25) is 9.78 Å². The fraction of sp³-hybridized carbons (Fsp3) is 0.368. The molecule has 138 valence electrons. The van der Waals surface area contributed by atoms with E-state index in [1.165, 1.54) is 30.9 Å². The first kappa shape index (κ1) is 18.2. The molecule has 7 heteroatoms. The summed E-state index contributed by atoms with van der Waals surface area (Å²) < 4.78 is 37.8. The predicted octanol–water partition coefficient (Wildman–Crippen LogP) is 4.91. The van der Waals surface area contributed by atoms with Crippen molar-refractivity contribution in [2.75, 3.05) is 5.32 Å². The number of pyridine rings is 1. The minimum Gasteiger partial charge on any atom is -0.354 e. The largest absolute Gasteiger partial charge is 0.416 e. The van der Waals surface area contributed by atoms with Crippen molar-refractivity contribution in [1.29, 1.82) is 0 Å². The van der Waals surface area contributed by atoms with Crippen LogP contribution in [0.1, 0.15) is 48.0 Å². The van der Waals surface area contributed by atoms with Gasteiger partial charge in [-0.25, -0.2) is 0 Å². The maximum atomic E-state index is 12.6. The van der Waals surface area contributed by atoms with Crippen LogP contribution in [0.3, 0.4) is 0 Å². The average Bonchev–Trinajstić information content (AvgIpc) is 2.62. The molecule has 0 bridgehead atoms. The lowest BCUT2D eigenvalue weighted by molar-refractivity contribution is -0.137. The molecule has 1 aliphatic carbocycles. The molecule has 0 unspecified atom stereocenters. The van der Waals surface area contributed by atoms with Crippen LogP contribution in [0, 0.1) is 0 Å². The summed E-state index contributed by atoms with van der Waals surface area (Å²) in [5, 5.41) is 5.99. The second-order valence-corrected chi connectivity index (χ2v) is 6.47. The van der Waals surface area contributed by atoms with Gasteiger partial charge in [-0.1, -0.05) is 19.3 Å². The van der Waals surface area contributed by atoms with Gasteiger partial charge in [0.1, 0.15) is 0 Å². The van der Waals surface area contributed by atoms with Gasteiger partial charge in [0.05, 0.1) is 23.0 Å². The van der Waals surface area contributed by atoms with Crippen molar-refractivity contribution < 1.29 is 18.0 Å². The highest BCUT2D eigenvalue weighted by molar-refractivity contribution is 5.95. The molecule has 2 aromatic rings. The zero-order valence-corrected chi connectivity index (χ0v) is 14.1. The molecule has 0 spiro atoms. The van der Waals surface area contributed by atoms with E-state index in [2.05, 4.69) is 15.6 Å². The summed E-state index contributed by atoms with van der Waals surface area (Å²) >= 11 is 0. The maximum absolute atomic E-state index is 12.6. The number of nitrogens with zero attached hydrogens (tertiary/aromatic N) is 1. The van der Waals surface area contributed by atoms with E-state index in [0.717, 1.165) is 37.8 Å². The molecular formula is C19H20F3N3O. The molecule has 1 amide bonds. The van der Waals surface area contributed by atoms with Crippen molar-refractivity contribution in [3.05, 3.63) is 53.9 Å². The first-order chi connectivity index (χ1) is 12.4. The zero-order chi connectivity index (χ0) is 18.6. The molecule has 0 aliphatic heterocycles. The molecule has 1 saturated carbocycles. The quantitative estimate of drug-likeness (QED) is 0.812. The number of halogens is 3. The Bertz CT molecular complexity index is 753. The standard InChI is InChI=1S/C19H20F3N3O/c20-19(21,22)14-6-8-16(9-7-14)24-17-10-13(11-23-12-17)18(26)25-15-4-2-1-3-5-15/h6-12,15,24H,1-5H2,(H,25,26). The number of benzene rings is 1. The Morgan fingerprint density at radius 3 is 2.35 bits per heavy atom. The van der Waals surface area contributed by atoms with Gasteiger partial charge in [0.15, 0.2) is 0 Å². The summed E-state index contributed by atoms with van der Waals surface area (Å²) in [6.45, 7) is 0. The summed E-state index contributed by atoms with van der Waals surface area (Å²) in [5.41, 5.74) is 0.750. The predicted molar refractivity (Wildman–Crippen MR) is 93.3 cm³/mol. The first-order valence-electron chi connectivity index (χ1n) is 8.62. The molecule has 1 aromatic heterocycles. The molecule has 1 aromatic carbocycles. The van der Waals surface area contributed by atoms with Crippen molar-refractivity contribution in [2.24, 2.45) is 0 Å². The summed E-state index contributed by atoms with van der Waals surface area (Å²) in [5.74, 6) is -0.180. The number of rotatable bonds is 4. The molecule has 0 atom stereocenters. The number of carbonyl (C=O) groups excluding carboxylic acids is 1. The van der Waals surface area contributed by atoms with Crippen LogP contribution in [0.4, 0.5) is 24.5 Å². The van der Waals surface area contributed by atoms with Crippen molar-refractivity contribution >= 4 is 17.3 Å². The molecule has 2 N–H and O–H groups in total. The molecule has 1 fully saturated rings. The van der Waals surface area contributed by atoms with E-state index >= 15 is 0 Å². The molecule has 0 radical (unpaired) electrons. The number of anilines is 2. The summed E-state index contributed by atoms with van der Waals surface area (Å²) in [7, 11) is 0. The lowest BCUT2D eigenvalue weighted by atomic mass is 9.95. The zero-order valence-electron chi connectivity index (χ0n) is 14.1. The lowest BCUT2D eigenvalue weighted by Crippen LogP contribution is -2.36. The average molecular weight is 363 g/mol. The van der Waals surface area contributed by atoms with Gasteiger partial charge in [0.2, 0.25) is 0 Å². The Hall–Kier alpha value is -2.57. The Kier molecular flexibility index (Phi) is 5.44. The van der Waals surface area contributed by atoms with Gasteiger partial charge >= 0.3 is 6.18 Å². The smallest absolute Gasteiger partial charge is 0.354 e. The van der Waals surface area contributed by atoms with Gasteiger partial charge in [-0.2, -0.15) is 13.2 Å². The highest BCUT2D eigenvalue weighted by Crippen LogP contribution is 2.30. The number of hydrogen-bond donors (Lipinski definition) is 2. The van der Waals surface area contributed by atoms with Crippen LogP contribution >= 0.6 is 0 Å². The fourth-order valence-electron chi connectivity index (χ4n) is 3.06. The van der Waals surface area contributed by atoms with Gasteiger partial charge < -0.3 is 10.6 Å². The van der Waals surface area contributed by atoms with Gasteiger partial charge in [0.25, 0.3) is 5.91 Å². The topological polar surface area (TPSA) is 54.0 Å². The Balaban J connectivity index is 1.66. The molecular weight excluding hydrogens is 343 g/mol. The van der Waals surface area contributed by atoms with E-state index in [9.17, 15) is 18.0 Å². The fourth-order valence-corrected chi connectivity index (χ4v) is 3.06. The minimum absolute atomic E-state index is 0.180. The normalized spacial score (nSPS) is 15.5. The maximum Gasteiger partial charge on any atom is 0.416 e. The molecule has 4 nitrogen and oxygen atoms in total. The van der Waals surface area contributed by atoms with Crippen LogP contribution in [0.15, 0.2) is 42.7 Å². The van der Waals surface area contributed by atoms with Crippen molar-refractivity contribution in [3.63, 3.8) is 0 Å². The molecule has 3 rings (SSSR count). The SMILES string of the molecule is O=C(NC1CCCCC1)c1cncc(Nc2ccc(C(F)(F)F)cc2)c1. The van der Waals surface area contributed by atoms with Crippen LogP contribution < -0.4 is 10.6 Å². The molecule has 1 aliphatic rings. The number of nitrogens with one attached hydrogen (secondary N) is 2. The Labute approximate surface area is 149 Å². The van der Waals surface area contributed by atoms with E-state index in [1.54, 1.807) is 6.07 Å². The molecule has 26 heavy (non-hydrogen) atoms. The van der Waals surface area contributed by atoms with Crippen LogP contribution in [0.2, 0.25) is 0 Å². The Morgan fingerprint density at radius 1 is 1.00 bits per heavy atom. The third-order valence-electron chi connectivity index (χ3n) is 4.44.